The first kappa shape index (κ1) is 16.0. The van der Waals surface area contributed by atoms with Crippen molar-refractivity contribution in [2.24, 2.45) is 11.7 Å². The Morgan fingerprint density at radius 3 is 2.33 bits per heavy atom. The Hall–Kier alpha value is -0.0800. The third-order valence-electron chi connectivity index (χ3n) is 5.10. The van der Waals surface area contributed by atoms with Crippen molar-refractivity contribution in [1.29, 1.82) is 0 Å². The summed E-state index contributed by atoms with van der Waals surface area (Å²) in [6.45, 7) is 6.65. The molecule has 2 N–H and O–H groups in total. The van der Waals surface area contributed by atoms with Crippen molar-refractivity contribution in [2.75, 3.05) is 20.1 Å². The third kappa shape index (κ3) is 4.24. The van der Waals surface area contributed by atoms with E-state index in [0.29, 0.717) is 0 Å². The van der Waals surface area contributed by atoms with Gasteiger partial charge < -0.3 is 5.73 Å². The Kier molecular flexibility index (Phi) is 7.25. The SMILES string of the molecule is CCCCC(CC)(CN)N(C)CC1CCCCC1. The Bertz CT molecular complexity index is 205. The van der Waals surface area contributed by atoms with E-state index in [4.69, 9.17) is 5.73 Å². The molecular weight excluding hydrogens is 220 g/mol. The van der Waals surface area contributed by atoms with Gasteiger partial charge in [-0.2, -0.15) is 0 Å². The lowest BCUT2D eigenvalue weighted by Crippen LogP contribution is -2.53. The zero-order valence-corrected chi connectivity index (χ0v) is 12.9. The van der Waals surface area contributed by atoms with Gasteiger partial charge in [-0.3, -0.25) is 4.90 Å². The average molecular weight is 254 g/mol. The summed E-state index contributed by atoms with van der Waals surface area (Å²) in [6, 6.07) is 0. The van der Waals surface area contributed by atoms with Gasteiger partial charge in [-0.15, -0.1) is 0 Å². The van der Waals surface area contributed by atoms with Crippen molar-refractivity contribution in [2.45, 2.75) is 77.2 Å². The molecule has 1 unspecified atom stereocenters. The molecule has 0 bridgehead atoms. The van der Waals surface area contributed by atoms with Crippen LogP contribution < -0.4 is 5.73 Å². The first-order valence-corrected chi connectivity index (χ1v) is 8.09. The lowest BCUT2D eigenvalue weighted by molar-refractivity contribution is 0.0811. The van der Waals surface area contributed by atoms with Gasteiger partial charge in [-0.1, -0.05) is 46.0 Å². The molecule has 1 atom stereocenters. The van der Waals surface area contributed by atoms with E-state index in [1.54, 1.807) is 0 Å². The van der Waals surface area contributed by atoms with Crippen LogP contribution in [0.2, 0.25) is 0 Å². The largest absolute Gasteiger partial charge is 0.329 e. The molecule has 2 nitrogen and oxygen atoms in total. The molecule has 0 radical (unpaired) electrons. The molecule has 18 heavy (non-hydrogen) atoms. The zero-order valence-electron chi connectivity index (χ0n) is 12.9. The number of unbranched alkanes of at least 4 members (excludes halogenated alkanes) is 1. The Morgan fingerprint density at radius 1 is 1.17 bits per heavy atom. The molecule has 1 aliphatic rings. The number of nitrogens with zero attached hydrogens (tertiary/aromatic N) is 1. The van der Waals surface area contributed by atoms with E-state index in [1.807, 2.05) is 0 Å². The molecule has 1 saturated carbocycles. The minimum Gasteiger partial charge on any atom is -0.329 e. The molecule has 1 fully saturated rings. The fourth-order valence-electron chi connectivity index (χ4n) is 3.50. The molecule has 108 valence electrons. The smallest absolute Gasteiger partial charge is 0.0326 e. The number of hydrogen-bond donors (Lipinski definition) is 1. The van der Waals surface area contributed by atoms with Gasteiger partial charge in [-0.25, -0.2) is 0 Å². The molecule has 1 aliphatic carbocycles. The van der Waals surface area contributed by atoms with Crippen LogP contribution in [0, 0.1) is 5.92 Å². The summed E-state index contributed by atoms with van der Waals surface area (Å²) in [5.41, 5.74) is 6.38. The van der Waals surface area contributed by atoms with E-state index in [-0.39, 0.29) is 5.54 Å². The number of rotatable bonds is 8. The zero-order chi connectivity index (χ0) is 13.4. The molecule has 0 aromatic heterocycles. The van der Waals surface area contributed by atoms with Crippen molar-refractivity contribution in [3.8, 4) is 0 Å². The van der Waals surface area contributed by atoms with Crippen molar-refractivity contribution in [3.05, 3.63) is 0 Å². The Morgan fingerprint density at radius 2 is 1.83 bits per heavy atom. The fourth-order valence-corrected chi connectivity index (χ4v) is 3.50. The Balaban J connectivity index is 2.54. The Labute approximate surface area is 114 Å². The third-order valence-corrected chi connectivity index (χ3v) is 5.10. The van der Waals surface area contributed by atoms with Gasteiger partial charge in [0.2, 0.25) is 0 Å². The number of likely N-dealkylation sites (N-methyl/N-ethyl adjacent to an activating group) is 1. The van der Waals surface area contributed by atoms with Crippen LogP contribution in [0.25, 0.3) is 0 Å². The summed E-state index contributed by atoms with van der Waals surface area (Å²) >= 11 is 0. The highest BCUT2D eigenvalue weighted by molar-refractivity contribution is 4.90. The standard InChI is InChI=1S/C16H34N2/c1-4-6-12-16(5-2,14-17)18(3)13-15-10-8-7-9-11-15/h15H,4-14,17H2,1-3H3. The van der Waals surface area contributed by atoms with E-state index >= 15 is 0 Å². The van der Waals surface area contributed by atoms with Gasteiger partial charge in [-0.05, 0) is 38.6 Å². The summed E-state index contributed by atoms with van der Waals surface area (Å²) in [4.78, 5) is 2.60. The van der Waals surface area contributed by atoms with Crippen LogP contribution in [-0.4, -0.2) is 30.6 Å². The summed E-state index contributed by atoms with van der Waals surface area (Å²) in [7, 11) is 2.31. The number of hydrogen-bond acceptors (Lipinski definition) is 2. The molecule has 0 aliphatic heterocycles. The van der Waals surface area contributed by atoms with E-state index < -0.39 is 0 Å². The van der Waals surface area contributed by atoms with Crippen molar-refractivity contribution < 1.29 is 0 Å². The van der Waals surface area contributed by atoms with Gasteiger partial charge >= 0.3 is 0 Å². The molecule has 0 spiro atoms. The monoisotopic (exact) mass is 254 g/mol. The second-order valence-corrected chi connectivity index (χ2v) is 6.27. The molecule has 0 aromatic rings. The van der Waals surface area contributed by atoms with Crippen molar-refractivity contribution in [3.63, 3.8) is 0 Å². The summed E-state index contributed by atoms with van der Waals surface area (Å²) in [6.07, 6.45) is 12.2. The van der Waals surface area contributed by atoms with E-state index in [1.165, 1.54) is 64.3 Å². The molecule has 2 heteroatoms. The predicted octanol–water partition coefficient (Wildman–Crippen LogP) is 3.80. The van der Waals surface area contributed by atoms with Crippen LogP contribution in [0.4, 0.5) is 0 Å². The second kappa shape index (κ2) is 8.16. The fraction of sp³-hybridized carbons (Fsp3) is 1.00. The molecule has 0 heterocycles. The molecule has 0 saturated heterocycles. The van der Waals surface area contributed by atoms with Gasteiger partial charge in [0, 0.05) is 18.6 Å². The predicted molar refractivity (Wildman–Crippen MR) is 80.8 cm³/mol. The highest BCUT2D eigenvalue weighted by atomic mass is 15.2. The first-order valence-electron chi connectivity index (χ1n) is 8.09. The van der Waals surface area contributed by atoms with Crippen LogP contribution >= 0.6 is 0 Å². The highest BCUT2D eigenvalue weighted by Gasteiger charge is 2.32. The van der Waals surface area contributed by atoms with Gasteiger partial charge in [0.15, 0.2) is 0 Å². The van der Waals surface area contributed by atoms with Crippen LogP contribution in [0.3, 0.4) is 0 Å². The summed E-state index contributed by atoms with van der Waals surface area (Å²) in [5.74, 6) is 0.919. The topological polar surface area (TPSA) is 29.3 Å². The lowest BCUT2D eigenvalue weighted by Gasteiger charge is -2.43. The lowest BCUT2D eigenvalue weighted by atomic mass is 9.84. The maximum atomic E-state index is 6.12. The highest BCUT2D eigenvalue weighted by Crippen LogP contribution is 2.29. The van der Waals surface area contributed by atoms with Crippen LogP contribution in [-0.2, 0) is 0 Å². The van der Waals surface area contributed by atoms with Crippen molar-refractivity contribution >= 4 is 0 Å². The van der Waals surface area contributed by atoms with E-state index in [2.05, 4.69) is 25.8 Å². The molecule has 0 amide bonds. The first-order chi connectivity index (χ1) is 8.68. The quantitative estimate of drug-likeness (QED) is 0.714. The van der Waals surface area contributed by atoms with E-state index in [9.17, 15) is 0 Å². The molecule has 1 rings (SSSR count). The van der Waals surface area contributed by atoms with Crippen LogP contribution in [0.5, 0.6) is 0 Å². The van der Waals surface area contributed by atoms with E-state index in [0.717, 1.165) is 12.5 Å². The molecule has 0 aromatic carbocycles. The summed E-state index contributed by atoms with van der Waals surface area (Å²) in [5, 5.41) is 0. The normalized spacial score (nSPS) is 21.2. The minimum absolute atomic E-state index is 0.257. The van der Waals surface area contributed by atoms with Gasteiger partial charge in [0.1, 0.15) is 0 Å². The number of nitrogens with two attached hydrogens (primary N) is 1. The van der Waals surface area contributed by atoms with Crippen molar-refractivity contribution in [1.82, 2.24) is 4.90 Å². The van der Waals surface area contributed by atoms with Crippen LogP contribution in [0.1, 0.15) is 71.6 Å². The van der Waals surface area contributed by atoms with Gasteiger partial charge in [0.25, 0.3) is 0 Å². The average Bonchev–Trinajstić information content (AvgIpc) is 2.42. The maximum absolute atomic E-state index is 6.12. The minimum atomic E-state index is 0.257. The summed E-state index contributed by atoms with van der Waals surface area (Å²) < 4.78 is 0. The van der Waals surface area contributed by atoms with Gasteiger partial charge in [0.05, 0.1) is 0 Å². The maximum Gasteiger partial charge on any atom is 0.0326 e. The second-order valence-electron chi connectivity index (χ2n) is 6.27. The van der Waals surface area contributed by atoms with Crippen LogP contribution in [0.15, 0.2) is 0 Å². The molecular formula is C16H34N2.